The molecule has 1 aliphatic carbocycles. The van der Waals surface area contributed by atoms with Crippen LogP contribution in [0, 0.1) is 18.7 Å². The molecule has 116 valence electrons. The van der Waals surface area contributed by atoms with Crippen molar-refractivity contribution in [3.05, 3.63) is 23.5 Å². The van der Waals surface area contributed by atoms with Gasteiger partial charge in [0.2, 0.25) is 10.0 Å². The molecule has 0 amide bonds. The Morgan fingerprint density at radius 3 is 2.71 bits per heavy atom. The zero-order valence-electron chi connectivity index (χ0n) is 11.9. The largest absolute Gasteiger partial charge is 0.374 e. The van der Waals surface area contributed by atoms with Gasteiger partial charge in [0.1, 0.15) is 4.90 Å². The van der Waals surface area contributed by atoms with E-state index >= 15 is 0 Å². The second-order valence-corrected chi connectivity index (χ2v) is 7.31. The standard InChI is InChI=1S/C14H19FN2O3S/c1-9-2-5-12(21(16,18)19)14(13(9)15)17-6-7-20-11(8-17)10-3-4-10/h2,5,10-11H,3-4,6-8H2,1H3,(H2,16,18,19). The quantitative estimate of drug-likeness (QED) is 0.915. The molecule has 1 aromatic rings. The third-order valence-electron chi connectivity index (χ3n) is 4.14. The summed E-state index contributed by atoms with van der Waals surface area (Å²) in [4.78, 5) is 1.61. The maximum atomic E-state index is 14.5. The fraction of sp³-hybridized carbons (Fsp3) is 0.571. The Balaban J connectivity index is 2.01. The Labute approximate surface area is 123 Å². The highest BCUT2D eigenvalue weighted by Gasteiger charge is 2.37. The van der Waals surface area contributed by atoms with Gasteiger partial charge >= 0.3 is 0 Å². The second kappa shape index (κ2) is 5.23. The molecule has 1 saturated heterocycles. The van der Waals surface area contributed by atoms with Crippen LogP contribution in [0.15, 0.2) is 17.0 Å². The molecule has 1 atom stereocenters. The Bertz CT molecular complexity index is 658. The number of ether oxygens (including phenoxy) is 1. The van der Waals surface area contributed by atoms with Gasteiger partial charge in [-0.3, -0.25) is 0 Å². The van der Waals surface area contributed by atoms with Crippen molar-refractivity contribution in [2.24, 2.45) is 11.1 Å². The summed E-state index contributed by atoms with van der Waals surface area (Å²) in [6.45, 7) is 3.06. The zero-order chi connectivity index (χ0) is 15.2. The van der Waals surface area contributed by atoms with E-state index in [4.69, 9.17) is 9.88 Å². The molecule has 5 nitrogen and oxygen atoms in total. The van der Waals surface area contributed by atoms with Gasteiger partial charge in [-0.2, -0.15) is 0 Å². The lowest BCUT2D eigenvalue weighted by Gasteiger charge is -2.35. The van der Waals surface area contributed by atoms with Crippen LogP contribution in [0.1, 0.15) is 18.4 Å². The number of morpholine rings is 1. The highest BCUT2D eigenvalue weighted by Crippen LogP contribution is 2.38. The van der Waals surface area contributed by atoms with Crippen molar-refractivity contribution in [2.75, 3.05) is 24.6 Å². The first kappa shape index (κ1) is 14.7. The summed E-state index contributed by atoms with van der Waals surface area (Å²) < 4.78 is 43.7. The number of aryl methyl sites for hydroxylation is 1. The third kappa shape index (κ3) is 2.90. The monoisotopic (exact) mass is 314 g/mol. The summed E-state index contributed by atoms with van der Waals surface area (Å²) in [5.74, 6) is -0.00317. The van der Waals surface area contributed by atoms with E-state index in [-0.39, 0.29) is 16.7 Å². The predicted molar refractivity (Wildman–Crippen MR) is 77.2 cm³/mol. The molecule has 3 rings (SSSR count). The van der Waals surface area contributed by atoms with Crippen LogP contribution in [-0.2, 0) is 14.8 Å². The number of hydrogen-bond acceptors (Lipinski definition) is 4. The van der Waals surface area contributed by atoms with Crippen LogP contribution in [0.4, 0.5) is 10.1 Å². The molecule has 2 fully saturated rings. The minimum absolute atomic E-state index is 0.0481. The first-order valence-corrected chi connectivity index (χ1v) is 8.61. The van der Waals surface area contributed by atoms with E-state index in [2.05, 4.69) is 0 Å². The fourth-order valence-electron chi connectivity index (χ4n) is 2.80. The van der Waals surface area contributed by atoms with Crippen molar-refractivity contribution < 1.29 is 17.5 Å². The molecule has 1 aromatic carbocycles. The topological polar surface area (TPSA) is 72.6 Å². The van der Waals surface area contributed by atoms with Crippen LogP contribution in [0.3, 0.4) is 0 Å². The number of benzene rings is 1. The van der Waals surface area contributed by atoms with Gasteiger partial charge in [0, 0.05) is 13.1 Å². The van der Waals surface area contributed by atoms with Crippen LogP contribution in [0.2, 0.25) is 0 Å². The van der Waals surface area contributed by atoms with Crippen LogP contribution in [0.25, 0.3) is 0 Å². The van der Waals surface area contributed by atoms with Gasteiger partial charge in [-0.25, -0.2) is 17.9 Å². The van der Waals surface area contributed by atoms with E-state index in [1.54, 1.807) is 11.8 Å². The lowest BCUT2D eigenvalue weighted by Crippen LogP contribution is -2.44. The number of nitrogens with two attached hydrogens (primary N) is 1. The number of primary sulfonamides is 1. The van der Waals surface area contributed by atoms with Crippen molar-refractivity contribution in [3.8, 4) is 0 Å². The number of hydrogen-bond donors (Lipinski definition) is 1. The van der Waals surface area contributed by atoms with Crippen LogP contribution in [0.5, 0.6) is 0 Å². The second-order valence-electron chi connectivity index (χ2n) is 5.78. The number of halogens is 1. The minimum atomic E-state index is -3.97. The smallest absolute Gasteiger partial charge is 0.240 e. The van der Waals surface area contributed by atoms with Crippen molar-refractivity contribution in [2.45, 2.75) is 30.8 Å². The molecule has 0 radical (unpaired) electrons. The average Bonchev–Trinajstić information content (AvgIpc) is 3.25. The molecule has 1 unspecified atom stereocenters. The molecule has 2 N–H and O–H groups in total. The summed E-state index contributed by atoms with van der Waals surface area (Å²) in [6, 6.07) is 2.82. The number of sulfonamides is 1. The molecule has 0 aromatic heterocycles. The number of rotatable bonds is 3. The van der Waals surface area contributed by atoms with Gasteiger partial charge in [0.25, 0.3) is 0 Å². The van der Waals surface area contributed by atoms with Gasteiger partial charge < -0.3 is 9.64 Å². The minimum Gasteiger partial charge on any atom is -0.374 e. The van der Waals surface area contributed by atoms with E-state index in [0.29, 0.717) is 31.2 Å². The fourth-order valence-corrected chi connectivity index (χ4v) is 3.55. The van der Waals surface area contributed by atoms with Gasteiger partial charge in [0.05, 0.1) is 18.4 Å². The summed E-state index contributed by atoms with van der Waals surface area (Å²) in [5.41, 5.74) is 0.498. The molecular formula is C14H19FN2O3S. The van der Waals surface area contributed by atoms with Gasteiger partial charge in [-0.05, 0) is 37.3 Å². The molecule has 21 heavy (non-hydrogen) atoms. The predicted octanol–water partition coefficient (Wildman–Crippen LogP) is 1.40. The molecule has 0 spiro atoms. The molecule has 7 heteroatoms. The lowest BCUT2D eigenvalue weighted by molar-refractivity contribution is 0.0260. The third-order valence-corrected chi connectivity index (χ3v) is 5.08. The Kier molecular flexibility index (Phi) is 3.67. The van der Waals surface area contributed by atoms with E-state index in [0.717, 1.165) is 12.8 Å². The summed E-state index contributed by atoms with van der Waals surface area (Å²) in [7, 11) is -3.97. The van der Waals surface area contributed by atoms with E-state index in [1.807, 2.05) is 0 Å². The Morgan fingerprint density at radius 2 is 2.10 bits per heavy atom. The molecule has 1 saturated carbocycles. The maximum absolute atomic E-state index is 14.5. The molecular weight excluding hydrogens is 295 g/mol. The molecule has 0 bridgehead atoms. The Hall–Kier alpha value is -1.18. The summed E-state index contributed by atoms with van der Waals surface area (Å²) >= 11 is 0. The van der Waals surface area contributed by atoms with Crippen molar-refractivity contribution >= 4 is 15.7 Å². The van der Waals surface area contributed by atoms with Crippen molar-refractivity contribution in [1.29, 1.82) is 0 Å². The normalized spacial score (nSPS) is 23.4. The summed E-state index contributed by atoms with van der Waals surface area (Å²) in [5, 5.41) is 5.24. The molecule has 1 aliphatic heterocycles. The van der Waals surface area contributed by atoms with Gasteiger partial charge in [-0.15, -0.1) is 0 Å². The number of anilines is 1. The first-order chi connectivity index (χ1) is 9.88. The number of nitrogens with zero attached hydrogens (tertiary/aromatic N) is 1. The highest BCUT2D eigenvalue weighted by molar-refractivity contribution is 7.89. The van der Waals surface area contributed by atoms with Crippen LogP contribution >= 0.6 is 0 Å². The van der Waals surface area contributed by atoms with Crippen LogP contribution < -0.4 is 10.0 Å². The Morgan fingerprint density at radius 1 is 1.38 bits per heavy atom. The SMILES string of the molecule is Cc1ccc(S(N)(=O)=O)c(N2CCOC(C3CC3)C2)c1F. The average molecular weight is 314 g/mol. The van der Waals surface area contributed by atoms with Crippen LogP contribution in [-0.4, -0.2) is 34.2 Å². The van der Waals surface area contributed by atoms with Gasteiger partial charge in [-0.1, -0.05) is 6.07 Å². The molecule has 1 heterocycles. The molecule has 2 aliphatic rings. The lowest BCUT2D eigenvalue weighted by atomic mass is 10.1. The zero-order valence-corrected chi connectivity index (χ0v) is 12.7. The van der Waals surface area contributed by atoms with Crippen molar-refractivity contribution in [1.82, 2.24) is 0 Å². The maximum Gasteiger partial charge on any atom is 0.240 e. The summed E-state index contributed by atoms with van der Waals surface area (Å²) in [6.07, 6.45) is 2.29. The van der Waals surface area contributed by atoms with E-state index in [9.17, 15) is 12.8 Å². The van der Waals surface area contributed by atoms with E-state index in [1.165, 1.54) is 12.1 Å². The van der Waals surface area contributed by atoms with E-state index < -0.39 is 15.8 Å². The first-order valence-electron chi connectivity index (χ1n) is 7.06. The van der Waals surface area contributed by atoms with Crippen molar-refractivity contribution in [3.63, 3.8) is 0 Å². The van der Waals surface area contributed by atoms with Gasteiger partial charge in [0.15, 0.2) is 5.82 Å². The highest BCUT2D eigenvalue weighted by atomic mass is 32.2.